The summed E-state index contributed by atoms with van der Waals surface area (Å²) in [6.45, 7) is 0. The van der Waals surface area contributed by atoms with E-state index < -0.39 is 5.97 Å². The predicted molar refractivity (Wildman–Crippen MR) is 47.3 cm³/mol. The molecule has 1 aliphatic carbocycles. The number of aliphatic carboxylic acids is 1. The third-order valence-electron chi connectivity index (χ3n) is 2.57. The van der Waals surface area contributed by atoms with E-state index in [0.717, 1.165) is 25.7 Å². The Bertz CT molecular complexity index is 209. The number of rotatable bonds is 3. The fraction of sp³-hybridized carbons (Fsp3) is 0.778. The Labute approximate surface area is 77.5 Å². The molecule has 0 bridgehead atoms. The molecule has 0 aromatic heterocycles. The maximum absolute atomic E-state index is 11.3. The SMILES string of the molecule is CN(C(=O)CC(=O)O)C1CCCC1. The molecule has 0 aromatic rings. The van der Waals surface area contributed by atoms with Crippen molar-refractivity contribution in [3.05, 3.63) is 0 Å². The van der Waals surface area contributed by atoms with Crippen molar-refractivity contribution in [2.24, 2.45) is 0 Å². The van der Waals surface area contributed by atoms with Crippen LogP contribution in [0.4, 0.5) is 0 Å². The Hall–Kier alpha value is -1.06. The second-order valence-electron chi connectivity index (χ2n) is 3.51. The summed E-state index contributed by atoms with van der Waals surface area (Å²) in [5.74, 6) is -1.32. The average molecular weight is 185 g/mol. The molecule has 0 aromatic carbocycles. The van der Waals surface area contributed by atoms with Crippen molar-refractivity contribution >= 4 is 11.9 Å². The van der Waals surface area contributed by atoms with E-state index in [1.807, 2.05) is 0 Å². The molecule has 0 saturated heterocycles. The van der Waals surface area contributed by atoms with Gasteiger partial charge in [-0.2, -0.15) is 0 Å². The Morgan fingerprint density at radius 3 is 2.38 bits per heavy atom. The number of hydrogen-bond donors (Lipinski definition) is 1. The maximum Gasteiger partial charge on any atom is 0.312 e. The normalized spacial score (nSPS) is 17.3. The molecule has 0 radical (unpaired) electrons. The third-order valence-corrected chi connectivity index (χ3v) is 2.57. The highest BCUT2D eigenvalue weighted by Gasteiger charge is 2.24. The van der Waals surface area contributed by atoms with Crippen molar-refractivity contribution < 1.29 is 14.7 Å². The minimum absolute atomic E-state index is 0.270. The average Bonchev–Trinajstić information content (AvgIpc) is 2.53. The van der Waals surface area contributed by atoms with Crippen LogP contribution in [0.15, 0.2) is 0 Å². The fourth-order valence-electron chi connectivity index (χ4n) is 1.75. The lowest BCUT2D eigenvalue weighted by atomic mass is 10.2. The smallest absolute Gasteiger partial charge is 0.312 e. The molecule has 0 heterocycles. The molecule has 74 valence electrons. The van der Waals surface area contributed by atoms with Crippen LogP contribution in [0, 0.1) is 0 Å². The summed E-state index contributed by atoms with van der Waals surface area (Å²) < 4.78 is 0. The Morgan fingerprint density at radius 2 is 1.92 bits per heavy atom. The molecule has 4 nitrogen and oxygen atoms in total. The highest BCUT2D eigenvalue weighted by atomic mass is 16.4. The van der Waals surface area contributed by atoms with Crippen molar-refractivity contribution in [2.45, 2.75) is 38.1 Å². The quantitative estimate of drug-likeness (QED) is 0.663. The number of carbonyl (C=O) groups excluding carboxylic acids is 1. The van der Waals surface area contributed by atoms with Gasteiger partial charge in [0.25, 0.3) is 0 Å². The zero-order valence-corrected chi connectivity index (χ0v) is 7.82. The van der Waals surface area contributed by atoms with Gasteiger partial charge in [0.15, 0.2) is 0 Å². The second kappa shape index (κ2) is 4.25. The first-order chi connectivity index (χ1) is 6.11. The van der Waals surface area contributed by atoms with Gasteiger partial charge in [-0.05, 0) is 12.8 Å². The molecule has 4 heteroatoms. The fourth-order valence-corrected chi connectivity index (χ4v) is 1.75. The van der Waals surface area contributed by atoms with Crippen LogP contribution in [-0.2, 0) is 9.59 Å². The first-order valence-corrected chi connectivity index (χ1v) is 4.58. The Balaban J connectivity index is 2.41. The number of carboxylic acid groups (broad SMARTS) is 1. The molecule has 1 saturated carbocycles. The van der Waals surface area contributed by atoms with Gasteiger partial charge in [-0.25, -0.2) is 0 Å². The first kappa shape index (κ1) is 10.0. The van der Waals surface area contributed by atoms with Gasteiger partial charge in [0.05, 0.1) is 0 Å². The molecular formula is C9H15NO3. The van der Waals surface area contributed by atoms with Crippen molar-refractivity contribution in [1.82, 2.24) is 4.90 Å². The Morgan fingerprint density at radius 1 is 1.38 bits per heavy atom. The summed E-state index contributed by atoms with van der Waals surface area (Å²) >= 11 is 0. The molecule has 1 N–H and O–H groups in total. The lowest BCUT2D eigenvalue weighted by Crippen LogP contribution is -2.36. The van der Waals surface area contributed by atoms with Crippen LogP contribution >= 0.6 is 0 Å². The summed E-state index contributed by atoms with van der Waals surface area (Å²) in [5.41, 5.74) is 0. The highest BCUT2D eigenvalue weighted by Crippen LogP contribution is 2.22. The standard InChI is InChI=1S/C9H15NO3/c1-10(7-4-2-3-5-7)8(11)6-9(12)13/h7H,2-6H2,1H3,(H,12,13). The molecule has 1 aliphatic rings. The molecule has 1 fully saturated rings. The number of hydrogen-bond acceptors (Lipinski definition) is 2. The minimum atomic E-state index is -1.05. The molecule has 0 spiro atoms. The second-order valence-corrected chi connectivity index (χ2v) is 3.51. The van der Waals surface area contributed by atoms with Gasteiger partial charge in [0.2, 0.25) is 5.91 Å². The van der Waals surface area contributed by atoms with Crippen molar-refractivity contribution in [3.8, 4) is 0 Å². The first-order valence-electron chi connectivity index (χ1n) is 4.58. The van der Waals surface area contributed by atoms with E-state index in [-0.39, 0.29) is 18.4 Å². The molecule has 0 unspecified atom stereocenters. The van der Waals surface area contributed by atoms with E-state index in [0.29, 0.717) is 0 Å². The highest BCUT2D eigenvalue weighted by molar-refractivity contribution is 5.93. The molecule has 1 amide bonds. The van der Waals surface area contributed by atoms with Crippen LogP contribution in [0.25, 0.3) is 0 Å². The van der Waals surface area contributed by atoms with E-state index in [1.165, 1.54) is 0 Å². The van der Waals surface area contributed by atoms with Gasteiger partial charge in [-0.3, -0.25) is 9.59 Å². The van der Waals surface area contributed by atoms with Crippen LogP contribution in [0.3, 0.4) is 0 Å². The zero-order chi connectivity index (χ0) is 9.84. The summed E-state index contributed by atoms with van der Waals surface area (Å²) in [7, 11) is 1.70. The van der Waals surface area contributed by atoms with Crippen LogP contribution in [0.1, 0.15) is 32.1 Å². The van der Waals surface area contributed by atoms with Gasteiger partial charge in [-0.1, -0.05) is 12.8 Å². The Kier molecular flexibility index (Phi) is 3.28. The molecule has 0 atom stereocenters. The van der Waals surface area contributed by atoms with Crippen molar-refractivity contribution in [3.63, 3.8) is 0 Å². The van der Waals surface area contributed by atoms with E-state index in [2.05, 4.69) is 0 Å². The number of carbonyl (C=O) groups is 2. The maximum atomic E-state index is 11.3. The monoisotopic (exact) mass is 185 g/mol. The topological polar surface area (TPSA) is 57.6 Å². The van der Waals surface area contributed by atoms with E-state index in [4.69, 9.17) is 5.11 Å². The van der Waals surface area contributed by atoms with Crippen LogP contribution in [0.5, 0.6) is 0 Å². The van der Waals surface area contributed by atoms with Gasteiger partial charge in [-0.15, -0.1) is 0 Å². The minimum Gasteiger partial charge on any atom is -0.481 e. The molecule has 1 rings (SSSR count). The lowest BCUT2D eigenvalue weighted by molar-refractivity contribution is -0.144. The number of nitrogens with zero attached hydrogens (tertiary/aromatic N) is 1. The van der Waals surface area contributed by atoms with E-state index in [9.17, 15) is 9.59 Å². The summed E-state index contributed by atoms with van der Waals surface area (Å²) in [6.07, 6.45) is 3.95. The van der Waals surface area contributed by atoms with Crippen LogP contribution in [-0.4, -0.2) is 35.0 Å². The van der Waals surface area contributed by atoms with E-state index >= 15 is 0 Å². The van der Waals surface area contributed by atoms with Crippen LogP contribution in [0.2, 0.25) is 0 Å². The predicted octanol–water partition coefficient (Wildman–Crippen LogP) is 0.862. The number of carboxylic acids is 1. The van der Waals surface area contributed by atoms with E-state index in [1.54, 1.807) is 11.9 Å². The third kappa shape index (κ3) is 2.72. The molecular weight excluding hydrogens is 170 g/mol. The van der Waals surface area contributed by atoms with Gasteiger partial charge < -0.3 is 10.0 Å². The van der Waals surface area contributed by atoms with Crippen molar-refractivity contribution in [1.29, 1.82) is 0 Å². The molecule has 13 heavy (non-hydrogen) atoms. The number of amides is 1. The van der Waals surface area contributed by atoms with Gasteiger partial charge in [0, 0.05) is 13.1 Å². The summed E-state index contributed by atoms with van der Waals surface area (Å²) in [5, 5.41) is 8.43. The van der Waals surface area contributed by atoms with Gasteiger partial charge in [0.1, 0.15) is 6.42 Å². The lowest BCUT2D eigenvalue weighted by Gasteiger charge is -2.23. The van der Waals surface area contributed by atoms with Crippen LogP contribution < -0.4 is 0 Å². The van der Waals surface area contributed by atoms with Gasteiger partial charge >= 0.3 is 5.97 Å². The molecule has 0 aliphatic heterocycles. The summed E-state index contributed by atoms with van der Waals surface area (Å²) in [4.78, 5) is 23.2. The largest absolute Gasteiger partial charge is 0.481 e. The zero-order valence-electron chi connectivity index (χ0n) is 7.82. The summed E-state index contributed by atoms with van der Waals surface area (Å²) in [6, 6.07) is 0.270. The van der Waals surface area contributed by atoms with Crippen molar-refractivity contribution in [2.75, 3.05) is 7.05 Å².